The number of nitrogens with zero attached hydrogens (tertiary/aromatic N) is 1. The van der Waals surface area contributed by atoms with Gasteiger partial charge < -0.3 is 15.2 Å². The summed E-state index contributed by atoms with van der Waals surface area (Å²) in [5, 5.41) is 0. The number of aryl methyl sites for hydroxylation is 1. The molecule has 1 aromatic heterocycles. The summed E-state index contributed by atoms with van der Waals surface area (Å²) in [5.74, 6) is 0.503. The molecule has 0 saturated carbocycles. The van der Waals surface area contributed by atoms with Crippen molar-refractivity contribution >= 4 is 27.6 Å². The molecule has 1 aromatic carbocycles. The van der Waals surface area contributed by atoms with Gasteiger partial charge in [-0.2, -0.15) is 0 Å². The third kappa shape index (κ3) is 3.08. The van der Waals surface area contributed by atoms with E-state index < -0.39 is 5.97 Å². The van der Waals surface area contributed by atoms with Gasteiger partial charge in [0.25, 0.3) is 0 Å². The topological polar surface area (TPSA) is 74.4 Å². The molecule has 20 heavy (non-hydrogen) atoms. The minimum atomic E-state index is -0.518. The lowest BCUT2D eigenvalue weighted by Gasteiger charge is -2.12. The molecule has 0 bridgehead atoms. The lowest BCUT2D eigenvalue weighted by molar-refractivity contribution is 0.0593. The first-order chi connectivity index (χ1) is 9.51. The first-order valence-corrected chi connectivity index (χ1v) is 6.58. The summed E-state index contributed by atoms with van der Waals surface area (Å²) in [6.07, 6.45) is 1.48. The minimum absolute atomic E-state index is 0.179. The Labute approximate surface area is 124 Å². The highest BCUT2D eigenvalue weighted by Gasteiger charge is 2.11. The van der Waals surface area contributed by atoms with Crippen LogP contribution in [0.2, 0.25) is 0 Å². The third-order valence-electron chi connectivity index (χ3n) is 2.61. The molecule has 0 saturated heterocycles. The number of methoxy groups -OCH3 is 1. The SMILES string of the molecule is COC(=O)c1cc(Oc2c(C)cc(Br)cc2N)ccn1. The van der Waals surface area contributed by atoms with E-state index in [2.05, 4.69) is 25.7 Å². The summed E-state index contributed by atoms with van der Waals surface area (Å²) in [6.45, 7) is 1.89. The third-order valence-corrected chi connectivity index (χ3v) is 3.07. The standard InChI is InChI=1S/C14H13BrN2O3/c1-8-5-9(15)6-11(16)13(8)20-10-3-4-17-12(7-10)14(18)19-2/h3-7H,16H2,1-2H3. The number of carbonyl (C=O) groups is 1. The second-order valence-electron chi connectivity index (χ2n) is 4.11. The van der Waals surface area contributed by atoms with Crippen LogP contribution in [0.4, 0.5) is 5.69 Å². The second kappa shape index (κ2) is 5.92. The van der Waals surface area contributed by atoms with Gasteiger partial charge in [-0.25, -0.2) is 9.78 Å². The Bertz CT molecular complexity index is 636. The lowest BCUT2D eigenvalue weighted by Crippen LogP contribution is -2.04. The van der Waals surface area contributed by atoms with Gasteiger partial charge in [0, 0.05) is 16.7 Å². The number of ether oxygens (including phenoxy) is 2. The molecule has 6 heteroatoms. The molecule has 104 valence electrons. The van der Waals surface area contributed by atoms with Gasteiger partial charge in [-0.15, -0.1) is 0 Å². The van der Waals surface area contributed by atoms with Crippen molar-refractivity contribution in [1.29, 1.82) is 0 Å². The number of nitrogen functional groups attached to an aromatic ring is 1. The molecule has 0 aliphatic rings. The number of hydrogen-bond donors (Lipinski definition) is 1. The minimum Gasteiger partial charge on any atom is -0.464 e. The molecule has 0 aliphatic carbocycles. The van der Waals surface area contributed by atoms with Gasteiger partial charge in [-0.05, 0) is 30.7 Å². The van der Waals surface area contributed by atoms with Crippen molar-refractivity contribution in [3.05, 3.63) is 46.2 Å². The normalized spacial score (nSPS) is 10.2. The quantitative estimate of drug-likeness (QED) is 0.687. The average Bonchev–Trinajstić information content (AvgIpc) is 2.42. The van der Waals surface area contributed by atoms with E-state index in [1.54, 1.807) is 12.1 Å². The van der Waals surface area contributed by atoms with Gasteiger partial charge in [0.2, 0.25) is 0 Å². The molecule has 2 rings (SSSR count). The maximum absolute atomic E-state index is 11.4. The zero-order valence-electron chi connectivity index (χ0n) is 11.0. The van der Waals surface area contributed by atoms with E-state index in [0.29, 0.717) is 17.2 Å². The van der Waals surface area contributed by atoms with E-state index in [1.807, 2.05) is 13.0 Å². The monoisotopic (exact) mass is 336 g/mol. The molecule has 1 heterocycles. The van der Waals surface area contributed by atoms with E-state index in [4.69, 9.17) is 10.5 Å². The lowest BCUT2D eigenvalue weighted by atomic mass is 10.2. The number of halogens is 1. The number of carbonyl (C=O) groups excluding carboxylic acids is 1. The second-order valence-corrected chi connectivity index (χ2v) is 5.03. The van der Waals surface area contributed by atoms with E-state index >= 15 is 0 Å². The Balaban J connectivity index is 2.33. The highest BCUT2D eigenvalue weighted by Crippen LogP contribution is 2.33. The van der Waals surface area contributed by atoms with E-state index in [0.717, 1.165) is 10.0 Å². The van der Waals surface area contributed by atoms with E-state index in [-0.39, 0.29) is 5.69 Å². The smallest absolute Gasteiger partial charge is 0.356 e. The largest absolute Gasteiger partial charge is 0.464 e. The summed E-state index contributed by atoms with van der Waals surface area (Å²) in [4.78, 5) is 15.3. The summed E-state index contributed by atoms with van der Waals surface area (Å²) >= 11 is 3.37. The molecular weight excluding hydrogens is 324 g/mol. The number of hydrogen-bond acceptors (Lipinski definition) is 5. The molecule has 0 amide bonds. The fourth-order valence-electron chi connectivity index (χ4n) is 1.70. The Morgan fingerprint density at radius 3 is 2.75 bits per heavy atom. The van der Waals surface area contributed by atoms with Crippen LogP contribution in [0, 0.1) is 6.92 Å². The molecular formula is C14H13BrN2O3. The fraction of sp³-hybridized carbons (Fsp3) is 0.143. The number of nitrogens with two attached hydrogens (primary N) is 1. The van der Waals surface area contributed by atoms with Crippen molar-refractivity contribution in [2.45, 2.75) is 6.92 Å². The first-order valence-electron chi connectivity index (χ1n) is 5.79. The highest BCUT2D eigenvalue weighted by molar-refractivity contribution is 9.10. The van der Waals surface area contributed by atoms with Crippen molar-refractivity contribution in [3.8, 4) is 11.5 Å². The maximum Gasteiger partial charge on any atom is 0.356 e. The number of pyridine rings is 1. The highest BCUT2D eigenvalue weighted by atomic mass is 79.9. The summed E-state index contributed by atoms with van der Waals surface area (Å²) in [6, 6.07) is 6.80. The van der Waals surface area contributed by atoms with Crippen molar-refractivity contribution in [3.63, 3.8) is 0 Å². The molecule has 0 fully saturated rings. The first kappa shape index (κ1) is 14.3. The van der Waals surface area contributed by atoms with Crippen LogP contribution in [0.1, 0.15) is 16.1 Å². The van der Waals surface area contributed by atoms with Crippen LogP contribution in [0.25, 0.3) is 0 Å². The van der Waals surface area contributed by atoms with Crippen LogP contribution in [-0.4, -0.2) is 18.1 Å². The number of rotatable bonds is 3. The van der Waals surface area contributed by atoms with E-state index in [1.165, 1.54) is 19.4 Å². The molecule has 2 aromatic rings. The predicted octanol–water partition coefficient (Wildman–Crippen LogP) is 3.31. The van der Waals surface area contributed by atoms with Gasteiger partial charge in [0.15, 0.2) is 11.4 Å². The number of aromatic nitrogens is 1. The molecule has 0 aliphatic heterocycles. The van der Waals surface area contributed by atoms with Crippen LogP contribution < -0.4 is 10.5 Å². The summed E-state index contributed by atoms with van der Waals surface area (Å²) in [5.41, 5.74) is 7.50. The molecule has 0 unspecified atom stereocenters. The molecule has 0 spiro atoms. The van der Waals surface area contributed by atoms with Gasteiger partial charge in [0.05, 0.1) is 12.8 Å². The van der Waals surface area contributed by atoms with Crippen LogP contribution in [-0.2, 0) is 4.74 Å². The predicted molar refractivity (Wildman–Crippen MR) is 78.9 cm³/mol. The number of anilines is 1. The Morgan fingerprint density at radius 2 is 2.10 bits per heavy atom. The zero-order chi connectivity index (χ0) is 14.7. The summed E-state index contributed by atoms with van der Waals surface area (Å²) in [7, 11) is 1.30. The van der Waals surface area contributed by atoms with Gasteiger partial charge in [-0.1, -0.05) is 15.9 Å². The van der Waals surface area contributed by atoms with Crippen LogP contribution >= 0.6 is 15.9 Å². The Hall–Kier alpha value is -2.08. The molecule has 0 radical (unpaired) electrons. The molecule has 2 N–H and O–H groups in total. The summed E-state index contributed by atoms with van der Waals surface area (Å²) < 4.78 is 11.2. The number of benzene rings is 1. The van der Waals surface area contributed by atoms with Crippen molar-refractivity contribution in [1.82, 2.24) is 4.98 Å². The van der Waals surface area contributed by atoms with Crippen molar-refractivity contribution in [2.75, 3.05) is 12.8 Å². The molecule has 5 nitrogen and oxygen atoms in total. The zero-order valence-corrected chi connectivity index (χ0v) is 12.6. The van der Waals surface area contributed by atoms with Crippen LogP contribution in [0.15, 0.2) is 34.9 Å². The van der Waals surface area contributed by atoms with Crippen molar-refractivity contribution < 1.29 is 14.3 Å². The maximum atomic E-state index is 11.4. The number of esters is 1. The van der Waals surface area contributed by atoms with Gasteiger partial charge in [0.1, 0.15) is 5.75 Å². The fourth-order valence-corrected chi connectivity index (χ4v) is 2.29. The Kier molecular flexibility index (Phi) is 4.24. The average molecular weight is 337 g/mol. The Morgan fingerprint density at radius 1 is 1.35 bits per heavy atom. The van der Waals surface area contributed by atoms with Crippen LogP contribution in [0.5, 0.6) is 11.5 Å². The van der Waals surface area contributed by atoms with E-state index in [9.17, 15) is 4.79 Å². The van der Waals surface area contributed by atoms with Gasteiger partial charge >= 0.3 is 5.97 Å². The molecule has 0 atom stereocenters. The van der Waals surface area contributed by atoms with Gasteiger partial charge in [-0.3, -0.25) is 0 Å². The van der Waals surface area contributed by atoms with Crippen molar-refractivity contribution in [2.24, 2.45) is 0 Å². The van der Waals surface area contributed by atoms with Crippen LogP contribution in [0.3, 0.4) is 0 Å².